The van der Waals surface area contributed by atoms with Gasteiger partial charge in [-0.3, -0.25) is 0 Å². The normalized spacial score (nSPS) is 12.7. The lowest BCUT2D eigenvalue weighted by atomic mass is 10.1. The van der Waals surface area contributed by atoms with Gasteiger partial charge in [0.2, 0.25) is 15.9 Å². The summed E-state index contributed by atoms with van der Waals surface area (Å²) in [5.41, 5.74) is 1.94. The smallest absolute Gasteiger partial charge is 0.339 e. The van der Waals surface area contributed by atoms with E-state index in [0.29, 0.717) is 5.89 Å². The van der Waals surface area contributed by atoms with Crippen molar-refractivity contribution in [2.45, 2.75) is 24.2 Å². The monoisotopic (exact) mass is 393 g/mol. The van der Waals surface area contributed by atoms with E-state index in [1.807, 2.05) is 31.2 Å². The number of rotatable bonds is 5. The molecule has 2 N–H and O–H groups in total. The third-order valence-electron chi connectivity index (χ3n) is 3.46. The molecule has 0 aliphatic carbocycles. The first-order valence-corrected chi connectivity index (χ1v) is 9.89. The van der Waals surface area contributed by atoms with Crippen LogP contribution < -0.4 is 5.14 Å². The van der Waals surface area contributed by atoms with Crippen LogP contribution in [0.15, 0.2) is 44.3 Å². The lowest BCUT2D eigenvalue weighted by molar-refractivity contribution is 0.0280. The van der Waals surface area contributed by atoms with Gasteiger partial charge in [0.1, 0.15) is 4.21 Å². The van der Waals surface area contributed by atoms with Crippen molar-refractivity contribution >= 4 is 27.3 Å². The molecular weight excluding hydrogens is 378 g/mol. The van der Waals surface area contributed by atoms with Crippen LogP contribution in [0.5, 0.6) is 0 Å². The molecular formula is C16H15N3O5S2. The summed E-state index contributed by atoms with van der Waals surface area (Å²) in [6.45, 7) is 3.55. The number of sulfonamides is 1. The van der Waals surface area contributed by atoms with Gasteiger partial charge in [-0.15, -0.1) is 21.5 Å². The third-order valence-corrected chi connectivity index (χ3v) is 5.85. The van der Waals surface area contributed by atoms with Crippen LogP contribution in [0.3, 0.4) is 0 Å². The summed E-state index contributed by atoms with van der Waals surface area (Å²) in [5.74, 6) is -0.260. The standard InChI is InChI=1S/C16H15N3O5S2/c1-9-3-5-11(6-4-9)15-19-18-14(24-15)10(2)23-16(20)12-7-13(25-8-12)26(17,21)22/h3-8,10H,1-2H3,(H2,17,21,22). The molecule has 0 amide bonds. The summed E-state index contributed by atoms with van der Waals surface area (Å²) >= 11 is 0.845. The third kappa shape index (κ3) is 3.98. The molecule has 1 atom stereocenters. The summed E-state index contributed by atoms with van der Waals surface area (Å²) < 4.78 is 33.2. The van der Waals surface area contributed by atoms with Gasteiger partial charge in [0.05, 0.1) is 5.56 Å². The van der Waals surface area contributed by atoms with Crippen molar-refractivity contribution in [3.05, 3.63) is 52.7 Å². The molecule has 10 heteroatoms. The van der Waals surface area contributed by atoms with Crippen LogP contribution in [0, 0.1) is 6.92 Å². The molecule has 0 spiro atoms. The Morgan fingerprint density at radius 3 is 2.58 bits per heavy atom. The first kappa shape index (κ1) is 18.2. The molecule has 2 aromatic heterocycles. The zero-order valence-electron chi connectivity index (χ0n) is 13.9. The Bertz CT molecular complexity index is 1040. The first-order chi connectivity index (χ1) is 12.2. The largest absolute Gasteiger partial charge is 0.449 e. The second-order valence-electron chi connectivity index (χ2n) is 5.56. The number of nitrogens with two attached hydrogens (primary N) is 1. The number of carbonyl (C=O) groups is 1. The summed E-state index contributed by atoms with van der Waals surface area (Å²) in [7, 11) is -3.86. The Labute approximate surface area is 153 Å². The highest BCUT2D eigenvalue weighted by Gasteiger charge is 2.22. The average Bonchev–Trinajstić information content (AvgIpc) is 3.25. The number of primary sulfonamides is 1. The number of aromatic nitrogens is 2. The van der Waals surface area contributed by atoms with Gasteiger partial charge in [0.15, 0.2) is 6.10 Å². The number of ether oxygens (including phenoxy) is 1. The van der Waals surface area contributed by atoms with E-state index < -0.39 is 22.1 Å². The van der Waals surface area contributed by atoms with Crippen molar-refractivity contribution in [2.24, 2.45) is 5.14 Å². The summed E-state index contributed by atoms with van der Waals surface area (Å²) in [6.07, 6.45) is -0.799. The minimum atomic E-state index is -3.86. The number of nitrogens with zero attached hydrogens (tertiary/aromatic N) is 2. The molecule has 136 valence electrons. The van der Waals surface area contributed by atoms with Gasteiger partial charge in [-0.1, -0.05) is 17.7 Å². The Kier molecular flexibility index (Phi) is 4.90. The number of esters is 1. The van der Waals surface area contributed by atoms with Gasteiger partial charge in [-0.2, -0.15) is 0 Å². The van der Waals surface area contributed by atoms with Crippen LogP contribution in [-0.2, 0) is 14.8 Å². The van der Waals surface area contributed by atoms with E-state index >= 15 is 0 Å². The summed E-state index contributed by atoms with van der Waals surface area (Å²) in [4.78, 5) is 12.1. The van der Waals surface area contributed by atoms with Gasteiger partial charge >= 0.3 is 5.97 Å². The fraction of sp³-hybridized carbons (Fsp3) is 0.188. The SMILES string of the molecule is Cc1ccc(-c2nnc(C(C)OC(=O)c3csc(S(N)(=O)=O)c3)o2)cc1. The minimum Gasteiger partial charge on any atom is -0.449 e. The van der Waals surface area contributed by atoms with E-state index in [4.69, 9.17) is 14.3 Å². The summed E-state index contributed by atoms with van der Waals surface area (Å²) in [5, 5.41) is 14.2. The molecule has 0 bridgehead atoms. The van der Waals surface area contributed by atoms with Crippen LogP contribution in [-0.4, -0.2) is 24.6 Å². The Hall–Kier alpha value is -2.56. The quantitative estimate of drug-likeness (QED) is 0.660. The number of hydrogen-bond donors (Lipinski definition) is 1. The predicted octanol–water partition coefficient (Wildman–Crippen LogP) is 2.67. The molecule has 0 radical (unpaired) electrons. The van der Waals surface area contributed by atoms with Gasteiger partial charge in [0.25, 0.3) is 5.89 Å². The van der Waals surface area contributed by atoms with E-state index in [2.05, 4.69) is 10.2 Å². The molecule has 0 saturated carbocycles. The molecule has 0 saturated heterocycles. The maximum Gasteiger partial charge on any atom is 0.339 e. The molecule has 3 rings (SSSR count). The molecule has 0 fully saturated rings. The van der Waals surface area contributed by atoms with Crippen molar-refractivity contribution in [1.82, 2.24) is 10.2 Å². The van der Waals surface area contributed by atoms with E-state index in [1.165, 1.54) is 11.4 Å². The second-order valence-corrected chi connectivity index (χ2v) is 8.26. The highest BCUT2D eigenvalue weighted by Crippen LogP contribution is 2.25. The maximum atomic E-state index is 12.1. The number of carbonyl (C=O) groups excluding carboxylic acids is 1. The molecule has 0 aliphatic heterocycles. The minimum absolute atomic E-state index is 0.0872. The van der Waals surface area contributed by atoms with Gasteiger partial charge < -0.3 is 9.15 Å². The Balaban J connectivity index is 1.72. The molecule has 26 heavy (non-hydrogen) atoms. The molecule has 1 unspecified atom stereocenters. The second kappa shape index (κ2) is 6.98. The predicted molar refractivity (Wildman–Crippen MR) is 94.0 cm³/mol. The van der Waals surface area contributed by atoms with E-state index in [0.717, 1.165) is 22.5 Å². The molecule has 2 heterocycles. The molecule has 8 nitrogen and oxygen atoms in total. The Morgan fingerprint density at radius 1 is 1.27 bits per heavy atom. The van der Waals surface area contributed by atoms with Crippen LogP contribution in [0.1, 0.15) is 34.8 Å². The molecule has 0 aliphatic rings. The molecule has 1 aromatic carbocycles. The van der Waals surface area contributed by atoms with E-state index in [-0.39, 0.29) is 15.7 Å². The van der Waals surface area contributed by atoms with E-state index in [9.17, 15) is 13.2 Å². The van der Waals surface area contributed by atoms with Crippen LogP contribution in [0.4, 0.5) is 0 Å². The zero-order valence-corrected chi connectivity index (χ0v) is 15.5. The topological polar surface area (TPSA) is 125 Å². The number of benzene rings is 1. The van der Waals surface area contributed by atoms with Crippen molar-refractivity contribution in [3.8, 4) is 11.5 Å². The van der Waals surface area contributed by atoms with Crippen LogP contribution >= 0.6 is 11.3 Å². The van der Waals surface area contributed by atoms with Crippen molar-refractivity contribution in [3.63, 3.8) is 0 Å². The lowest BCUT2D eigenvalue weighted by Gasteiger charge is -2.08. The van der Waals surface area contributed by atoms with Crippen molar-refractivity contribution < 1.29 is 22.4 Å². The highest BCUT2D eigenvalue weighted by atomic mass is 32.2. The average molecular weight is 393 g/mol. The number of aryl methyl sites for hydroxylation is 1. The van der Waals surface area contributed by atoms with Gasteiger partial charge in [-0.05, 0) is 32.0 Å². The van der Waals surface area contributed by atoms with Gasteiger partial charge in [0, 0.05) is 10.9 Å². The zero-order chi connectivity index (χ0) is 18.9. The highest BCUT2D eigenvalue weighted by molar-refractivity contribution is 7.91. The summed E-state index contributed by atoms with van der Waals surface area (Å²) in [6, 6.07) is 8.71. The van der Waals surface area contributed by atoms with Gasteiger partial charge in [-0.25, -0.2) is 18.4 Å². The Morgan fingerprint density at radius 2 is 1.96 bits per heavy atom. The van der Waals surface area contributed by atoms with Crippen LogP contribution in [0.25, 0.3) is 11.5 Å². The number of hydrogen-bond acceptors (Lipinski definition) is 8. The van der Waals surface area contributed by atoms with Crippen molar-refractivity contribution in [1.29, 1.82) is 0 Å². The first-order valence-electron chi connectivity index (χ1n) is 7.47. The van der Waals surface area contributed by atoms with Crippen molar-refractivity contribution in [2.75, 3.05) is 0 Å². The lowest BCUT2D eigenvalue weighted by Crippen LogP contribution is -2.11. The fourth-order valence-electron chi connectivity index (χ4n) is 2.06. The fourth-order valence-corrected chi connectivity index (χ4v) is 3.64. The van der Waals surface area contributed by atoms with E-state index in [1.54, 1.807) is 6.92 Å². The molecule has 3 aromatic rings. The number of thiophene rings is 1. The maximum absolute atomic E-state index is 12.1. The van der Waals surface area contributed by atoms with Crippen LogP contribution in [0.2, 0.25) is 0 Å².